The lowest BCUT2D eigenvalue weighted by Gasteiger charge is -2.42. The molecule has 0 aromatic heterocycles. The van der Waals surface area contributed by atoms with Crippen LogP contribution in [0.1, 0.15) is 24.5 Å². The van der Waals surface area contributed by atoms with Gasteiger partial charge in [-0.15, -0.1) is 5.10 Å². The molecule has 3 aromatic rings. The molecule has 0 fully saturated rings. The first-order valence-electron chi connectivity index (χ1n) is 9.55. The number of nitrogens with zero attached hydrogens (tertiary/aromatic N) is 2. The van der Waals surface area contributed by atoms with E-state index in [1.165, 1.54) is 0 Å². The summed E-state index contributed by atoms with van der Waals surface area (Å²) in [5.41, 5.74) is 1.29. The van der Waals surface area contributed by atoms with Gasteiger partial charge in [-0.05, 0) is 48.4 Å². The number of ether oxygens (including phenoxy) is 2. The zero-order valence-corrected chi connectivity index (χ0v) is 16.4. The number of para-hydroxylation sites is 1. The molecule has 0 aliphatic carbocycles. The van der Waals surface area contributed by atoms with Gasteiger partial charge in [0.05, 0.1) is 12.8 Å². The lowest BCUT2D eigenvalue weighted by Crippen LogP contribution is -2.54. The number of benzene rings is 3. The monoisotopic (exact) mass is 386 g/mol. The highest BCUT2D eigenvalue weighted by atomic mass is 16.6. The summed E-state index contributed by atoms with van der Waals surface area (Å²) in [5.74, 6) is 0.656. The molecular formula is C24H22N2O3. The predicted molar refractivity (Wildman–Crippen MR) is 113 cm³/mol. The van der Waals surface area contributed by atoms with Gasteiger partial charge >= 0.3 is 5.97 Å². The molecule has 1 atom stereocenters. The van der Waals surface area contributed by atoms with Crippen molar-refractivity contribution in [3.63, 3.8) is 0 Å². The highest BCUT2D eigenvalue weighted by molar-refractivity contribution is 6.06. The van der Waals surface area contributed by atoms with Crippen LogP contribution in [-0.2, 0) is 15.1 Å². The average Bonchev–Trinajstić information content (AvgIpc) is 2.80. The van der Waals surface area contributed by atoms with E-state index in [9.17, 15) is 4.79 Å². The largest absolute Gasteiger partial charge is 0.497 e. The van der Waals surface area contributed by atoms with Crippen LogP contribution in [0.4, 0.5) is 5.69 Å². The van der Waals surface area contributed by atoms with E-state index < -0.39 is 5.54 Å². The maximum atomic E-state index is 13.5. The van der Waals surface area contributed by atoms with Crippen molar-refractivity contribution in [3.8, 4) is 5.75 Å². The molecule has 0 bridgehead atoms. The van der Waals surface area contributed by atoms with Crippen LogP contribution in [0.3, 0.4) is 0 Å². The van der Waals surface area contributed by atoms with E-state index in [1.807, 2.05) is 91.9 Å². The van der Waals surface area contributed by atoms with Gasteiger partial charge in [-0.2, -0.15) is 0 Å². The molecule has 0 unspecified atom stereocenters. The molecule has 5 nitrogen and oxygen atoms in total. The normalized spacial score (nSPS) is 18.8. The van der Waals surface area contributed by atoms with Crippen molar-refractivity contribution in [2.24, 2.45) is 5.10 Å². The summed E-state index contributed by atoms with van der Waals surface area (Å²) in [5, 5.41) is 6.57. The Morgan fingerprint density at radius 1 is 0.931 bits per heavy atom. The minimum Gasteiger partial charge on any atom is -0.497 e. The minimum atomic E-state index is -1.08. The van der Waals surface area contributed by atoms with Crippen molar-refractivity contribution in [2.45, 2.75) is 18.9 Å². The molecule has 0 radical (unpaired) electrons. The standard InChI is InChI=1S/C24H22N2O3/c1-3-24(19-14-16-21(28-2)17-15-19)23(27)29-22(18-10-6-4-7-11-18)25-26(24)20-12-8-5-9-13-20/h4-17H,3H2,1-2H3/t24-/m1/s1. The van der Waals surface area contributed by atoms with Gasteiger partial charge in [0.2, 0.25) is 5.90 Å². The van der Waals surface area contributed by atoms with Crippen molar-refractivity contribution < 1.29 is 14.3 Å². The van der Waals surface area contributed by atoms with E-state index in [4.69, 9.17) is 14.6 Å². The van der Waals surface area contributed by atoms with Crippen LogP contribution in [-0.4, -0.2) is 19.0 Å². The van der Waals surface area contributed by atoms with E-state index in [0.29, 0.717) is 6.42 Å². The number of carbonyl (C=O) groups is 1. The number of hydrazone groups is 1. The molecule has 0 saturated carbocycles. The van der Waals surface area contributed by atoms with Crippen molar-refractivity contribution in [1.82, 2.24) is 0 Å². The molecule has 1 heterocycles. The zero-order valence-electron chi connectivity index (χ0n) is 16.4. The second-order valence-corrected chi connectivity index (χ2v) is 6.75. The number of hydrogen-bond donors (Lipinski definition) is 0. The molecule has 0 spiro atoms. The van der Waals surface area contributed by atoms with Crippen molar-refractivity contribution in [2.75, 3.05) is 12.1 Å². The smallest absolute Gasteiger partial charge is 0.345 e. The Labute approximate surface area is 170 Å². The van der Waals surface area contributed by atoms with E-state index in [0.717, 1.165) is 22.6 Å². The Hall–Kier alpha value is -3.60. The Morgan fingerprint density at radius 2 is 1.55 bits per heavy atom. The molecule has 0 saturated heterocycles. The molecule has 0 amide bonds. The molecule has 1 aliphatic rings. The molecule has 4 rings (SSSR count). The topological polar surface area (TPSA) is 51.1 Å². The summed E-state index contributed by atoms with van der Waals surface area (Å²) in [6.45, 7) is 1.96. The summed E-state index contributed by atoms with van der Waals surface area (Å²) >= 11 is 0. The fourth-order valence-corrected chi connectivity index (χ4v) is 3.61. The Balaban J connectivity index is 1.90. The quantitative estimate of drug-likeness (QED) is 0.595. The third kappa shape index (κ3) is 3.25. The molecule has 29 heavy (non-hydrogen) atoms. The SMILES string of the molecule is CC[C@@]1(c2ccc(OC)cc2)C(=O)OC(c2ccccc2)=NN1c1ccccc1. The average molecular weight is 386 g/mol. The summed E-state index contributed by atoms with van der Waals surface area (Å²) < 4.78 is 11.1. The first-order chi connectivity index (χ1) is 14.2. The van der Waals surface area contributed by atoms with Crippen LogP contribution in [0.15, 0.2) is 90.0 Å². The van der Waals surface area contributed by atoms with Crippen LogP contribution in [0.2, 0.25) is 0 Å². The summed E-state index contributed by atoms with van der Waals surface area (Å²) in [4.78, 5) is 13.5. The van der Waals surface area contributed by atoms with Gasteiger partial charge in [0, 0.05) is 5.56 Å². The molecule has 0 N–H and O–H groups in total. The number of cyclic esters (lactones) is 1. The lowest BCUT2D eigenvalue weighted by atomic mass is 9.85. The maximum absolute atomic E-state index is 13.5. The van der Waals surface area contributed by atoms with Gasteiger partial charge in [-0.3, -0.25) is 0 Å². The zero-order chi connectivity index (χ0) is 20.3. The summed E-state index contributed by atoms with van der Waals surface area (Å²) in [7, 11) is 1.62. The van der Waals surface area contributed by atoms with Crippen molar-refractivity contribution in [3.05, 3.63) is 96.1 Å². The van der Waals surface area contributed by atoms with Crippen LogP contribution in [0.5, 0.6) is 5.75 Å². The molecule has 146 valence electrons. The van der Waals surface area contributed by atoms with Gasteiger partial charge < -0.3 is 9.47 Å². The van der Waals surface area contributed by atoms with Gasteiger partial charge in [0.25, 0.3) is 0 Å². The van der Waals surface area contributed by atoms with E-state index in [1.54, 1.807) is 12.1 Å². The van der Waals surface area contributed by atoms with E-state index in [-0.39, 0.29) is 11.9 Å². The number of methoxy groups -OCH3 is 1. The van der Waals surface area contributed by atoms with Crippen LogP contribution < -0.4 is 9.75 Å². The van der Waals surface area contributed by atoms with Gasteiger partial charge in [0.15, 0.2) is 5.54 Å². The van der Waals surface area contributed by atoms with Crippen LogP contribution >= 0.6 is 0 Å². The first-order valence-corrected chi connectivity index (χ1v) is 9.55. The van der Waals surface area contributed by atoms with E-state index in [2.05, 4.69) is 0 Å². The fourth-order valence-electron chi connectivity index (χ4n) is 3.61. The van der Waals surface area contributed by atoms with Crippen molar-refractivity contribution in [1.29, 1.82) is 0 Å². The second-order valence-electron chi connectivity index (χ2n) is 6.75. The highest BCUT2D eigenvalue weighted by Gasteiger charge is 2.50. The number of anilines is 1. The predicted octanol–water partition coefficient (Wildman–Crippen LogP) is 4.73. The van der Waals surface area contributed by atoms with Gasteiger partial charge in [0.1, 0.15) is 5.75 Å². The fraction of sp³-hybridized carbons (Fsp3) is 0.167. The highest BCUT2D eigenvalue weighted by Crippen LogP contribution is 2.41. The molecule has 3 aromatic carbocycles. The maximum Gasteiger partial charge on any atom is 0.345 e. The van der Waals surface area contributed by atoms with Crippen LogP contribution in [0.25, 0.3) is 0 Å². The lowest BCUT2D eigenvalue weighted by molar-refractivity contribution is -0.143. The minimum absolute atomic E-state index is 0.289. The second kappa shape index (κ2) is 7.80. The van der Waals surface area contributed by atoms with Crippen LogP contribution in [0, 0.1) is 0 Å². The third-order valence-corrected chi connectivity index (χ3v) is 5.18. The number of esters is 1. The molecule has 1 aliphatic heterocycles. The van der Waals surface area contributed by atoms with Gasteiger partial charge in [-0.1, -0.05) is 55.5 Å². The third-order valence-electron chi connectivity index (χ3n) is 5.18. The molecular weight excluding hydrogens is 364 g/mol. The number of rotatable bonds is 5. The Bertz CT molecular complexity index is 1020. The summed E-state index contributed by atoms with van der Waals surface area (Å²) in [6.07, 6.45) is 0.485. The number of carbonyl (C=O) groups excluding carboxylic acids is 1. The first kappa shape index (κ1) is 18.7. The summed E-state index contributed by atoms with van der Waals surface area (Å²) in [6, 6.07) is 26.6. The molecule has 5 heteroatoms. The van der Waals surface area contributed by atoms with Crippen molar-refractivity contribution >= 4 is 17.6 Å². The Kier molecular flexibility index (Phi) is 5.04. The van der Waals surface area contributed by atoms with Gasteiger partial charge in [-0.25, -0.2) is 9.80 Å². The number of hydrogen-bond acceptors (Lipinski definition) is 5. The van der Waals surface area contributed by atoms with E-state index >= 15 is 0 Å². The Morgan fingerprint density at radius 3 is 2.14 bits per heavy atom.